The van der Waals surface area contributed by atoms with Gasteiger partial charge < -0.3 is 20.3 Å². The van der Waals surface area contributed by atoms with E-state index >= 15 is 0 Å². The number of ether oxygens (including phenoxy) is 1. The maximum absolute atomic E-state index is 13.0. The Bertz CT molecular complexity index is 1070. The molecule has 0 aliphatic heterocycles. The normalized spacial score (nSPS) is 12.2. The van der Waals surface area contributed by atoms with Crippen LogP contribution in [0.2, 0.25) is 5.02 Å². The van der Waals surface area contributed by atoms with Gasteiger partial charge in [-0.25, -0.2) is 0 Å². The summed E-state index contributed by atoms with van der Waals surface area (Å²) in [5.41, 5.74) is -0.456. The van der Waals surface area contributed by atoms with Gasteiger partial charge in [0.05, 0.1) is 24.2 Å². The lowest BCUT2D eigenvalue weighted by atomic mass is 10.2. The third-order valence-electron chi connectivity index (χ3n) is 4.58. The molecule has 0 aromatic heterocycles. The Labute approximate surface area is 199 Å². The van der Waals surface area contributed by atoms with Crippen molar-refractivity contribution in [3.8, 4) is 5.75 Å². The largest absolute Gasteiger partial charge is 0.497 e. The highest BCUT2D eigenvalue weighted by atomic mass is 35.5. The van der Waals surface area contributed by atoms with Crippen molar-refractivity contribution in [1.82, 2.24) is 10.2 Å². The zero-order valence-electron chi connectivity index (χ0n) is 18.6. The molecular weight excluding hydrogens is 475 g/mol. The van der Waals surface area contributed by atoms with Crippen LogP contribution in [-0.2, 0) is 20.6 Å². The third kappa shape index (κ3) is 7.80. The Morgan fingerprint density at radius 1 is 1.15 bits per heavy atom. The molecule has 2 aromatic carbocycles. The summed E-state index contributed by atoms with van der Waals surface area (Å²) in [5, 5.41) is 4.29. The second-order valence-electron chi connectivity index (χ2n) is 7.27. The fraction of sp³-hybridized carbons (Fsp3) is 0.261. The first-order valence-corrected chi connectivity index (χ1v) is 10.3. The number of rotatable bonds is 8. The highest BCUT2D eigenvalue weighted by Crippen LogP contribution is 2.36. The molecule has 2 N–H and O–H groups in total. The van der Waals surface area contributed by atoms with Gasteiger partial charge in [0, 0.05) is 18.8 Å². The smallest absolute Gasteiger partial charge is 0.417 e. The van der Waals surface area contributed by atoms with E-state index in [0.29, 0.717) is 11.8 Å². The molecule has 2 rings (SSSR count). The van der Waals surface area contributed by atoms with Crippen molar-refractivity contribution in [2.24, 2.45) is 0 Å². The van der Waals surface area contributed by atoms with Gasteiger partial charge in [0.15, 0.2) is 0 Å². The molecule has 0 saturated heterocycles. The maximum atomic E-state index is 13.0. The number of nitrogens with one attached hydrogen (secondary N) is 2. The lowest BCUT2D eigenvalue weighted by molar-refractivity contribution is -0.137. The van der Waals surface area contributed by atoms with E-state index in [0.717, 1.165) is 16.5 Å². The van der Waals surface area contributed by atoms with Crippen molar-refractivity contribution >= 4 is 41.1 Å². The number of hydrogen-bond donors (Lipinski definition) is 2. The molecule has 1 atom stereocenters. The molecule has 0 fully saturated rings. The van der Waals surface area contributed by atoms with Crippen molar-refractivity contribution in [1.29, 1.82) is 0 Å². The number of hydrogen-bond acceptors (Lipinski definition) is 4. The van der Waals surface area contributed by atoms with Gasteiger partial charge in [-0.3, -0.25) is 14.4 Å². The number of benzene rings is 2. The first-order chi connectivity index (χ1) is 15.9. The van der Waals surface area contributed by atoms with Crippen LogP contribution in [0.25, 0.3) is 6.08 Å². The number of likely N-dealkylation sites (N-methyl/N-ethyl adjacent to an activating group) is 1. The summed E-state index contributed by atoms with van der Waals surface area (Å²) in [6.45, 7) is 1.01. The van der Waals surface area contributed by atoms with Gasteiger partial charge >= 0.3 is 6.18 Å². The lowest BCUT2D eigenvalue weighted by Gasteiger charge is -2.21. The highest BCUT2D eigenvalue weighted by molar-refractivity contribution is 6.31. The van der Waals surface area contributed by atoms with Crippen LogP contribution in [0.1, 0.15) is 18.1 Å². The molecule has 2 aromatic rings. The summed E-state index contributed by atoms with van der Waals surface area (Å²) in [6, 6.07) is 8.97. The Balaban J connectivity index is 1.89. The summed E-state index contributed by atoms with van der Waals surface area (Å²) >= 11 is 5.56. The lowest BCUT2D eigenvalue weighted by Crippen LogP contribution is -2.47. The number of alkyl halides is 3. The Morgan fingerprint density at radius 2 is 1.79 bits per heavy atom. The SMILES string of the molecule is COc1ccc(/C=C/C(=O)NC(C)C(=O)N(C)CC(=O)Nc2ccc(Cl)c(C(F)(F)F)c2)cc1. The van der Waals surface area contributed by atoms with Crippen molar-refractivity contribution in [3.63, 3.8) is 0 Å². The zero-order valence-corrected chi connectivity index (χ0v) is 19.3. The minimum atomic E-state index is -4.68. The summed E-state index contributed by atoms with van der Waals surface area (Å²) in [5.74, 6) is -1.13. The minimum absolute atomic E-state index is 0.118. The van der Waals surface area contributed by atoms with E-state index in [1.54, 1.807) is 37.5 Å². The van der Waals surface area contributed by atoms with E-state index in [9.17, 15) is 27.6 Å². The summed E-state index contributed by atoms with van der Waals surface area (Å²) in [6.07, 6.45) is -1.86. The fourth-order valence-electron chi connectivity index (χ4n) is 2.85. The third-order valence-corrected chi connectivity index (χ3v) is 4.91. The van der Waals surface area contributed by atoms with Crippen LogP contribution in [0.4, 0.5) is 18.9 Å². The van der Waals surface area contributed by atoms with Gasteiger partial charge in [0.1, 0.15) is 11.8 Å². The van der Waals surface area contributed by atoms with Crippen LogP contribution in [0, 0.1) is 0 Å². The molecule has 0 heterocycles. The predicted molar refractivity (Wildman–Crippen MR) is 122 cm³/mol. The van der Waals surface area contributed by atoms with Crippen LogP contribution in [0.15, 0.2) is 48.5 Å². The number of methoxy groups -OCH3 is 1. The molecule has 34 heavy (non-hydrogen) atoms. The predicted octanol–water partition coefficient (Wildman–Crippen LogP) is 3.98. The van der Waals surface area contributed by atoms with Crippen LogP contribution < -0.4 is 15.4 Å². The fourth-order valence-corrected chi connectivity index (χ4v) is 3.08. The van der Waals surface area contributed by atoms with Crippen molar-refractivity contribution < 1.29 is 32.3 Å². The molecule has 7 nitrogen and oxygen atoms in total. The second kappa shape index (κ2) is 11.6. The molecule has 0 aliphatic carbocycles. The monoisotopic (exact) mass is 497 g/mol. The average Bonchev–Trinajstić information content (AvgIpc) is 2.77. The Hall–Kier alpha value is -3.53. The van der Waals surface area contributed by atoms with Crippen molar-refractivity contribution in [2.45, 2.75) is 19.1 Å². The molecule has 182 valence electrons. The zero-order chi connectivity index (χ0) is 25.5. The van der Waals surface area contributed by atoms with Crippen LogP contribution >= 0.6 is 11.6 Å². The standard InChI is InChI=1S/C23H23ClF3N3O4/c1-14(28-20(31)11-6-15-4-8-17(34-3)9-5-15)22(33)30(2)13-21(32)29-16-7-10-19(24)18(12-16)23(25,26)27/h4-12,14H,13H2,1-3H3,(H,28,31)(H,29,32)/b11-6+. The number of nitrogens with zero attached hydrogens (tertiary/aromatic N) is 1. The van der Waals surface area contributed by atoms with E-state index in [4.69, 9.17) is 16.3 Å². The average molecular weight is 498 g/mol. The van der Waals surface area contributed by atoms with Crippen LogP contribution in [-0.4, -0.2) is 49.4 Å². The molecule has 0 bridgehead atoms. The number of carbonyl (C=O) groups is 3. The molecule has 0 aliphatic rings. The van der Waals surface area contributed by atoms with Crippen LogP contribution in [0.5, 0.6) is 5.75 Å². The van der Waals surface area contributed by atoms with Gasteiger partial charge in [0.2, 0.25) is 17.7 Å². The molecule has 0 saturated carbocycles. The molecule has 1 unspecified atom stereocenters. The van der Waals surface area contributed by atoms with E-state index in [-0.39, 0.29) is 5.69 Å². The quantitative estimate of drug-likeness (QED) is 0.540. The topological polar surface area (TPSA) is 87.7 Å². The minimum Gasteiger partial charge on any atom is -0.497 e. The highest BCUT2D eigenvalue weighted by Gasteiger charge is 2.33. The molecule has 0 spiro atoms. The van der Waals surface area contributed by atoms with E-state index < -0.39 is 47.1 Å². The molecular formula is C23H23ClF3N3O4. The second-order valence-corrected chi connectivity index (χ2v) is 7.68. The molecule has 0 radical (unpaired) electrons. The van der Waals surface area contributed by atoms with Gasteiger partial charge in [0.25, 0.3) is 0 Å². The van der Waals surface area contributed by atoms with Gasteiger partial charge in [-0.2, -0.15) is 13.2 Å². The summed E-state index contributed by atoms with van der Waals surface area (Å²) in [4.78, 5) is 37.8. The van der Waals surface area contributed by atoms with E-state index in [2.05, 4.69) is 10.6 Å². The van der Waals surface area contributed by atoms with E-state index in [1.165, 1.54) is 26.1 Å². The van der Waals surface area contributed by atoms with E-state index in [1.807, 2.05) is 0 Å². The molecule has 11 heteroatoms. The Kier molecular flexibility index (Phi) is 9.08. The first-order valence-electron chi connectivity index (χ1n) is 9.95. The Morgan fingerprint density at radius 3 is 2.38 bits per heavy atom. The van der Waals surface area contributed by atoms with Gasteiger partial charge in [-0.05, 0) is 48.9 Å². The van der Waals surface area contributed by atoms with Crippen molar-refractivity contribution in [2.75, 3.05) is 26.0 Å². The summed E-state index contributed by atoms with van der Waals surface area (Å²) < 4.78 is 43.9. The number of anilines is 1. The number of halogens is 4. The summed E-state index contributed by atoms with van der Waals surface area (Å²) in [7, 11) is 2.87. The van der Waals surface area contributed by atoms with Crippen molar-refractivity contribution in [3.05, 3.63) is 64.7 Å². The van der Waals surface area contributed by atoms with Crippen LogP contribution in [0.3, 0.4) is 0 Å². The molecule has 3 amide bonds. The van der Waals surface area contributed by atoms with Gasteiger partial charge in [-0.15, -0.1) is 0 Å². The number of carbonyl (C=O) groups excluding carboxylic acids is 3. The maximum Gasteiger partial charge on any atom is 0.417 e. The first kappa shape index (κ1) is 26.7. The van der Waals surface area contributed by atoms with Gasteiger partial charge in [-0.1, -0.05) is 23.7 Å². The number of amides is 3.